The topological polar surface area (TPSA) is 38.3 Å². The van der Waals surface area contributed by atoms with Gasteiger partial charge in [0.2, 0.25) is 0 Å². The van der Waals surface area contributed by atoms with Gasteiger partial charge in [0.05, 0.1) is 17.2 Å². The molecule has 1 N–H and O–H groups in total. The Bertz CT molecular complexity index is 444. The van der Waals surface area contributed by atoms with E-state index in [9.17, 15) is 4.79 Å². The molecule has 1 atom stereocenters. The molecule has 0 aromatic heterocycles. The predicted molar refractivity (Wildman–Crippen MR) is 70.5 cm³/mol. The summed E-state index contributed by atoms with van der Waals surface area (Å²) < 4.78 is 6.07. The van der Waals surface area contributed by atoms with Gasteiger partial charge in [0.1, 0.15) is 0 Å². The normalized spacial score (nSPS) is 23.7. The van der Waals surface area contributed by atoms with Crippen LogP contribution in [0.1, 0.15) is 23.7 Å². The van der Waals surface area contributed by atoms with E-state index in [0.29, 0.717) is 23.8 Å². The third-order valence-corrected chi connectivity index (χ3v) is 4.05. The lowest BCUT2D eigenvalue weighted by Gasteiger charge is -2.23. The molecule has 0 spiro atoms. The Kier molecular flexibility index (Phi) is 3.76. The van der Waals surface area contributed by atoms with Crippen molar-refractivity contribution in [2.75, 3.05) is 13.2 Å². The van der Waals surface area contributed by atoms with E-state index in [0.717, 1.165) is 10.9 Å². The molecule has 1 aliphatic heterocycles. The van der Waals surface area contributed by atoms with E-state index in [-0.39, 0.29) is 11.4 Å². The Hall–Kier alpha value is -0.580. The molecule has 2 rings (SSSR count). The Morgan fingerprint density at radius 1 is 1.59 bits per heavy atom. The second-order valence-corrected chi connectivity index (χ2v) is 5.71. The average molecular weight is 319 g/mol. The second-order valence-electron chi connectivity index (χ2n) is 4.45. The minimum atomic E-state index is -0.267. The molecule has 92 valence electrons. The van der Waals surface area contributed by atoms with Gasteiger partial charge >= 0.3 is 0 Å². The van der Waals surface area contributed by atoms with Gasteiger partial charge < -0.3 is 10.1 Å². The maximum atomic E-state index is 12.0. The van der Waals surface area contributed by atoms with Crippen molar-refractivity contribution in [1.82, 2.24) is 5.32 Å². The molecule has 1 fully saturated rings. The van der Waals surface area contributed by atoms with Crippen molar-refractivity contribution in [3.05, 3.63) is 33.3 Å². The number of halogens is 2. The highest BCUT2D eigenvalue weighted by atomic mass is 79.9. The van der Waals surface area contributed by atoms with E-state index < -0.39 is 0 Å². The van der Waals surface area contributed by atoms with Crippen molar-refractivity contribution in [2.24, 2.45) is 0 Å². The molecular formula is C12H13BrClNO2. The maximum absolute atomic E-state index is 12.0. The number of rotatable bonds is 2. The van der Waals surface area contributed by atoms with Crippen LogP contribution >= 0.6 is 27.5 Å². The lowest BCUT2D eigenvalue weighted by atomic mass is 10.0. The monoisotopic (exact) mass is 317 g/mol. The van der Waals surface area contributed by atoms with Gasteiger partial charge in [0.15, 0.2) is 0 Å². The number of ether oxygens (including phenoxy) is 1. The number of hydrogen-bond donors (Lipinski definition) is 1. The summed E-state index contributed by atoms with van der Waals surface area (Å²) in [7, 11) is 0. The third kappa shape index (κ3) is 3.00. The number of carbonyl (C=O) groups excluding carboxylic acids is 1. The summed E-state index contributed by atoms with van der Waals surface area (Å²) in [5.41, 5.74) is 0.294. The number of amides is 1. The van der Waals surface area contributed by atoms with Crippen LogP contribution in [0, 0.1) is 0 Å². The van der Waals surface area contributed by atoms with Crippen LogP contribution in [0.3, 0.4) is 0 Å². The van der Waals surface area contributed by atoms with Gasteiger partial charge in [-0.15, -0.1) is 0 Å². The van der Waals surface area contributed by atoms with E-state index in [2.05, 4.69) is 21.2 Å². The van der Waals surface area contributed by atoms with E-state index in [1.54, 1.807) is 18.2 Å². The highest BCUT2D eigenvalue weighted by Gasteiger charge is 2.31. The molecule has 1 aromatic rings. The van der Waals surface area contributed by atoms with Crippen LogP contribution in [0.5, 0.6) is 0 Å². The number of carbonyl (C=O) groups is 1. The van der Waals surface area contributed by atoms with Crippen molar-refractivity contribution < 1.29 is 9.53 Å². The summed E-state index contributed by atoms with van der Waals surface area (Å²) in [6, 6.07) is 5.16. The maximum Gasteiger partial charge on any atom is 0.251 e. The van der Waals surface area contributed by atoms with E-state index >= 15 is 0 Å². The summed E-state index contributed by atoms with van der Waals surface area (Å²) in [6.45, 7) is 3.24. The highest BCUT2D eigenvalue weighted by molar-refractivity contribution is 9.10. The first-order chi connectivity index (χ1) is 8.00. The van der Waals surface area contributed by atoms with Gasteiger partial charge in [-0.25, -0.2) is 0 Å². The molecule has 0 saturated carbocycles. The summed E-state index contributed by atoms with van der Waals surface area (Å²) in [5, 5.41) is 3.51. The van der Waals surface area contributed by atoms with Crippen LogP contribution < -0.4 is 5.32 Å². The molecule has 17 heavy (non-hydrogen) atoms. The van der Waals surface area contributed by atoms with Gasteiger partial charge in [-0.05, 0) is 47.5 Å². The fourth-order valence-corrected chi connectivity index (χ4v) is 2.18. The number of benzene rings is 1. The first-order valence-corrected chi connectivity index (χ1v) is 6.53. The number of nitrogens with one attached hydrogen (secondary N) is 1. The van der Waals surface area contributed by atoms with Crippen molar-refractivity contribution in [1.29, 1.82) is 0 Å². The van der Waals surface area contributed by atoms with E-state index in [1.807, 2.05) is 6.92 Å². The molecule has 0 radical (unpaired) electrons. The van der Waals surface area contributed by atoms with Crippen molar-refractivity contribution in [2.45, 2.75) is 18.9 Å². The van der Waals surface area contributed by atoms with Crippen LogP contribution in [0.4, 0.5) is 0 Å². The zero-order chi connectivity index (χ0) is 12.5. The molecule has 0 aliphatic carbocycles. The molecule has 1 unspecified atom stereocenters. The third-order valence-electron chi connectivity index (χ3n) is 2.82. The summed E-state index contributed by atoms with van der Waals surface area (Å²) >= 11 is 9.25. The SMILES string of the molecule is CC1(NC(=O)c2ccc(Br)c(Cl)c2)CCOC1. The van der Waals surface area contributed by atoms with E-state index in [1.165, 1.54) is 0 Å². The smallest absolute Gasteiger partial charge is 0.251 e. The van der Waals surface area contributed by atoms with Gasteiger partial charge in [-0.2, -0.15) is 0 Å². The summed E-state index contributed by atoms with van der Waals surface area (Å²) in [4.78, 5) is 12.0. The molecule has 1 saturated heterocycles. The van der Waals surface area contributed by atoms with Crippen LogP contribution in [-0.2, 0) is 4.74 Å². The Labute approximate surface area is 114 Å². The molecule has 3 nitrogen and oxygen atoms in total. The zero-order valence-corrected chi connectivity index (χ0v) is 11.8. The van der Waals surface area contributed by atoms with Crippen LogP contribution in [0.2, 0.25) is 5.02 Å². The molecule has 0 bridgehead atoms. The number of hydrogen-bond acceptors (Lipinski definition) is 2. The van der Waals surface area contributed by atoms with Crippen LogP contribution in [0.15, 0.2) is 22.7 Å². The Morgan fingerprint density at radius 2 is 2.35 bits per heavy atom. The van der Waals surface area contributed by atoms with Gasteiger partial charge in [0.25, 0.3) is 5.91 Å². The van der Waals surface area contributed by atoms with Crippen molar-refractivity contribution in [3.63, 3.8) is 0 Å². The predicted octanol–water partition coefficient (Wildman–Crippen LogP) is 3.01. The van der Waals surface area contributed by atoms with Crippen LogP contribution in [0.25, 0.3) is 0 Å². The average Bonchev–Trinajstić information content (AvgIpc) is 2.69. The summed E-state index contributed by atoms with van der Waals surface area (Å²) in [5.74, 6) is -0.118. The largest absolute Gasteiger partial charge is 0.379 e. The first kappa shape index (κ1) is 12.9. The Morgan fingerprint density at radius 3 is 2.94 bits per heavy atom. The van der Waals surface area contributed by atoms with Gasteiger partial charge in [-0.1, -0.05) is 11.6 Å². The fraction of sp³-hybridized carbons (Fsp3) is 0.417. The van der Waals surface area contributed by atoms with Crippen molar-refractivity contribution in [3.8, 4) is 0 Å². The lowest BCUT2D eigenvalue weighted by molar-refractivity contribution is 0.0890. The summed E-state index contributed by atoms with van der Waals surface area (Å²) in [6.07, 6.45) is 0.836. The molecule has 1 aromatic carbocycles. The van der Waals surface area contributed by atoms with Crippen LogP contribution in [-0.4, -0.2) is 24.7 Å². The fourth-order valence-electron chi connectivity index (χ4n) is 1.75. The van der Waals surface area contributed by atoms with Crippen molar-refractivity contribution >= 4 is 33.4 Å². The molecular weight excluding hydrogens is 305 g/mol. The quantitative estimate of drug-likeness (QED) is 0.910. The van der Waals surface area contributed by atoms with Gasteiger partial charge in [0, 0.05) is 16.6 Å². The first-order valence-electron chi connectivity index (χ1n) is 5.35. The molecule has 1 amide bonds. The lowest BCUT2D eigenvalue weighted by Crippen LogP contribution is -2.46. The molecule has 1 aliphatic rings. The molecule has 1 heterocycles. The molecule has 5 heteroatoms. The Balaban J connectivity index is 2.11. The van der Waals surface area contributed by atoms with E-state index in [4.69, 9.17) is 16.3 Å². The van der Waals surface area contributed by atoms with Gasteiger partial charge in [-0.3, -0.25) is 4.79 Å². The minimum absolute atomic E-state index is 0.118. The zero-order valence-electron chi connectivity index (χ0n) is 9.43. The highest BCUT2D eigenvalue weighted by Crippen LogP contribution is 2.24. The standard InChI is InChI=1S/C12H13BrClNO2/c1-12(4-5-17-7-12)15-11(16)8-2-3-9(13)10(14)6-8/h2-3,6H,4-5,7H2,1H3,(H,15,16). The minimum Gasteiger partial charge on any atom is -0.379 e. The second kappa shape index (κ2) is 4.96.